The molecule has 0 aliphatic carbocycles. The number of thioether (sulfide) groups is 2. The van der Waals surface area contributed by atoms with Crippen molar-refractivity contribution in [3.63, 3.8) is 0 Å². The smallest absolute Gasteiger partial charge is 0.275 e. The van der Waals surface area contributed by atoms with Gasteiger partial charge in [-0.15, -0.1) is 11.8 Å². The molecule has 0 saturated carbocycles. The number of aromatic nitrogens is 1. The first-order valence-electron chi connectivity index (χ1n) is 4.97. The third-order valence-corrected chi connectivity index (χ3v) is 5.30. The van der Waals surface area contributed by atoms with Crippen molar-refractivity contribution >= 4 is 50.3 Å². The second-order valence-corrected chi connectivity index (χ2v) is 6.49. The van der Waals surface area contributed by atoms with Gasteiger partial charge in [0.2, 0.25) is 5.17 Å². The normalized spacial score (nSPS) is 11.9. The molecule has 94 valence electrons. The van der Waals surface area contributed by atoms with E-state index in [1.807, 2.05) is 24.5 Å². The Labute approximate surface area is 117 Å². The molecule has 0 bridgehead atoms. The highest BCUT2D eigenvalue weighted by molar-refractivity contribution is 8.29. The van der Waals surface area contributed by atoms with E-state index in [9.17, 15) is 4.79 Å². The van der Waals surface area contributed by atoms with Gasteiger partial charge in [0, 0.05) is 4.24 Å². The molecule has 0 unspecified atom stereocenters. The maximum Gasteiger partial charge on any atom is 0.275 e. The zero-order valence-electron chi connectivity index (χ0n) is 9.62. The Kier molecular flexibility index (Phi) is 4.15. The van der Waals surface area contributed by atoms with Crippen LogP contribution in [0.5, 0.6) is 0 Å². The van der Waals surface area contributed by atoms with Gasteiger partial charge in [0.15, 0.2) is 0 Å². The molecule has 1 aromatic heterocycles. The lowest BCUT2D eigenvalue weighted by Gasteiger charge is -2.03. The van der Waals surface area contributed by atoms with Crippen molar-refractivity contribution in [2.24, 2.45) is 10.9 Å². The first kappa shape index (κ1) is 13.3. The zero-order chi connectivity index (χ0) is 13.1. The number of rotatable bonds is 2. The lowest BCUT2D eigenvalue weighted by molar-refractivity contribution is 1.17. The lowest BCUT2D eigenvalue weighted by Crippen LogP contribution is -2.20. The highest BCUT2D eigenvalue weighted by Gasteiger charge is 2.13. The minimum atomic E-state index is -0.0961. The molecule has 1 aromatic carbocycles. The van der Waals surface area contributed by atoms with Crippen molar-refractivity contribution < 1.29 is 0 Å². The molecule has 0 atom stereocenters. The first-order chi connectivity index (χ1) is 8.67. The Hall–Kier alpha value is -1.18. The maximum atomic E-state index is 12.2. The monoisotopic (exact) mass is 297 g/mol. The highest BCUT2D eigenvalue weighted by Crippen LogP contribution is 2.27. The van der Waals surface area contributed by atoms with Crippen LogP contribution in [0.3, 0.4) is 0 Å². The van der Waals surface area contributed by atoms with Gasteiger partial charge in [-0.05, 0) is 41.7 Å². The van der Waals surface area contributed by atoms with E-state index in [4.69, 9.17) is 5.84 Å². The van der Waals surface area contributed by atoms with Gasteiger partial charge in [-0.1, -0.05) is 18.7 Å². The molecule has 18 heavy (non-hydrogen) atoms. The Morgan fingerprint density at radius 3 is 2.83 bits per heavy atom. The summed E-state index contributed by atoms with van der Waals surface area (Å²) in [7, 11) is 0. The van der Waals surface area contributed by atoms with Crippen molar-refractivity contribution in [1.29, 1.82) is 0 Å². The number of nitrogens with two attached hydrogens (primary N) is 1. The quantitative estimate of drug-likeness (QED) is 0.401. The van der Waals surface area contributed by atoms with Gasteiger partial charge < -0.3 is 5.84 Å². The summed E-state index contributed by atoms with van der Waals surface area (Å²) < 4.78 is 3.25. The average molecular weight is 297 g/mol. The molecule has 0 fully saturated rings. The number of hydrogen-bond donors (Lipinski definition) is 1. The van der Waals surface area contributed by atoms with Gasteiger partial charge in [-0.2, -0.15) is 5.10 Å². The van der Waals surface area contributed by atoms with Crippen LogP contribution in [0.25, 0.3) is 10.1 Å². The van der Waals surface area contributed by atoms with Gasteiger partial charge in [-0.25, -0.2) is 3.96 Å². The molecular formula is C11H11N3OS3. The fourth-order valence-electron chi connectivity index (χ4n) is 1.36. The highest BCUT2D eigenvalue weighted by atomic mass is 32.2. The third kappa shape index (κ3) is 2.47. The summed E-state index contributed by atoms with van der Waals surface area (Å²) in [6, 6.07) is 7.44. The van der Waals surface area contributed by atoms with E-state index in [1.165, 1.54) is 39.0 Å². The lowest BCUT2D eigenvalue weighted by atomic mass is 10.3. The van der Waals surface area contributed by atoms with Crippen molar-refractivity contribution in [1.82, 2.24) is 3.96 Å². The molecule has 0 aliphatic rings. The van der Waals surface area contributed by atoms with Crippen LogP contribution in [0, 0.1) is 0 Å². The van der Waals surface area contributed by atoms with E-state index in [1.54, 1.807) is 6.07 Å². The fourth-order valence-corrected chi connectivity index (χ4v) is 3.46. The molecular weight excluding hydrogens is 286 g/mol. The molecule has 2 aromatic rings. The SMILES string of the molecule is C=C(SC)S/C(=N\N)n1sc2ccccc2c1=O. The van der Waals surface area contributed by atoms with E-state index in [0.29, 0.717) is 10.6 Å². The Morgan fingerprint density at radius 1 is 1.50 bits per heavy atom. The van der Waals surface area contributed by atoms with Crippen LogP contribution in [0.1, 0.15) is 0 Å². The van der Waals surface area contributed by atoms with E-state index >= 15 is 0 Å². The molecule has 2 N–H and O–H groups in total. The minimum Gasteiger partial charge on any atom is -0.321 e. The average Bonchev–Trinajstić information content (AvgIpc) is 2.73. The predicted molar refractivity (Wildman–Crippen MR) is 83.4 cm³/mol. The molecule has 0 amide bonds. The van der Waals surface area contributed by atoms with E-state index in [2.05, 4.69) is 11.7 Å². The summed E-state index contributed by atoms with van der Waals surface area (Å²) in [6.45, 7) is 3.85. The zero-order valence-corrected chi connectivity index (χ0v) is 12.1. The Morgan fingerprint density at radius 2 is 2.22 bits per heavy atom. The molecule has 0 aliphatic heterocycles. The molecule has 7 heteroatoms. The summed E-state index contributed by atoms with van der Waals surface area (Å²) >= 11 is 4.12. The van der Waals surface area contributed by atoms with E-state index in [0.717, 1.165) is 8.94 Å². The molecule has 2 rings (SSSR count). The molecule has 0 radical (unpaired) electrons. The minimum absolute atomic E-state index is 0.0961. The fraction of sp³-hybridized carbons (Fsp3) is 0.0909. The van der Waals surface area contributed by atoms with Crippen LogP contribution in [0.2, 0.25) is 0 Å². The van der Waals surface area contributed by atoms with Crippen LogP contribution in [-0.4, -0.2) is 15.4 Å². The largest absolute Gasteiger partial charge is 0.321 e. The summed E-state index contributed by atoms with van der Waals surface area (Å²) in [6.07, 6.45) is 1.91. The van der Waals surface area contributed by atoms with E-state index < -0.39 is 0 Å². The number of hydrogen-bond acceptors (Lipinski definition) is 6. The number of nitrogens with zero attached hydrogens (tertiary/aromatic N) is 2. The third-order valence-electron chi connectivity index (χ3n) is 2.21. The van der Waals surface area contributed by atoms with Crippen molar-refractivity contribution in [2.45, 2.75) is 0 Å². The Balaban J connectivity index is 2.50. The van der Waals surface area contributed by atoms with Crippen LogP contribution in [0.4, 0.5) is 0 Å². The van der Waals surface area contributed by atoms with Crippen LogP contribution < -0.4 is 11.4 Å². The predicted octanol–water partition coefficient (Wildman–Crippen LogP) is 2.71. The van der Waals surface area contributed by atoms with Gasteiger partial charge in [0.1, 0.15) is 0 Å². The topological polar surface area (TPSA) is 60.4 Å². The maximum absolute atomic E-state index is 12.2. The second kappa shape index (κ2) is 5.64. The standard InChI is InChI=1S/C11H11N3OS3/c1-7(16-2)17-11(13-12)14-10(15)8-5-3-4-6-9(8)18-14/h3-6H,1,12H2,2H3/b13-11-. The van der Waals surface area contributed by atoms with E-state index in [-0.39, 0.29) is 5.56 Å². The summed E-state index contributed by atoms with van der Waals surface area (Å²) in [5, 5.41) is 4.81. The number of benzene rings is 1. The summed E-state index contributed by atoms with van der Waals surface area (Å²) in [4.78, 5) is 12.2. The molecule has 1 heterocycles. The van der Waals surface area contributed by atoms with Gasteiger partial charge in [0.25, 0.3) is 5.56 Å². The van der Waals surface area contributed by atoms with Gasteiger partial charge in [-0.3, -0.25) is 4.79 Å². The van der Waals surface area contributed by atoms with Gasteiger partial charge >= 0.3 is 0 Å². The molecule has 0 saturated heterocycles. The van der Waals surface area contributed by atoms with Crippen LogP contribution in [-0.2, 0) is 0 Å². The second-order valence-electron chi connectivity index (χ2n) is 3.28. The number of hydrazone groups is 1. The summed E-state index contributed by atoms with van der Waals surface area (Å²) in [5.74, 6) is 5.36. The van der Waals surface area contributed by atoms with Crippen LogP contribution >= 0.6 is 35.1 Å². The number of fused-ring (bicyclic) bond motifs is 1. The molecule has 0 spiro atoms. The summed E-state index contributed by atoms with van der Waals surface area (Å²) in [5.41, 5.74) is -0.0961. The van der Waals surface area contributed by atoms with Crippen molar-refractivity contribution in [2.75, 3.05) is 6.26 Å². The van der Waals surface area contributed by atoms with Crippen molar-refractivity contribution in [3.05, 3.63) is 45.4 Å². The van der Waals surface area contributed by atoms with Crippen molar-refractivity contribution in [3.8, 4) is 0 Å². The van der Waals surface area contributed by atoms with Crippen LogP contribution in [0.15, 0.2) is 45.0 Å². The first-order valence-corrected chi connectivity index (χ1v) is 7.79. The van der Waals surface area contributed by atoms with Gasteiger partial charge in [0.05, 0.1) is 10.1 Å². The molecule has 4 nitrogen and oxygen atoms in total. The Bertz CT molecular complexity index is 671.